The maximum absolute atomic E-state index is 12.5. The summed E-state index contributed by atoms with van der Waals surface area (Å²) in [5.74, 6) is 1.06. The molecule has 0 aromatic carbocycles. The van der Waals surface area contributed by atoms with Crippen LogP contribution in [0.2, 0.25) is 0 Å². The van der Waals surface area contributed by atoms with E-state index in [9.17, 15) is 8.42 Å². The Bertz CT molecular complexity index is 550. The van der Waals surface area contributed by atoms with Crippen molar-refractivity contribution >= 4 is 15.8 Å². The fourth-order valence-corrected chi connectivity index (χ4v) is 4.53. The van der Waals surface area contributed by atoms with Crippen molar-refractivity contribution in [3.05, 3.63) is 24.4 Å². The lowest BCUT2D eigenvalue weighted by Crippen LogP contribution is -2.38. The van der Waals surface area contributed by atoms with Gasteiger partial charge in [-0.2, -0.15) is 0 Å². The molecule has 1 aliphatic rings. The van der Waals surface area contributed by atoms with Crippen molar-refractivity contribution in [2.45, 2.75) is 13.3 Å². The van der Waals surface area contributed by atoms with Crippen LogP contribution in [0.25, 0.3) is 0 Å². The van der Waals surface area contributed by atoms with Gasteiger partial charge in [-0.1, -0.05) is 13.0 Å². The van der Waals surface area contributed by atoms with Gasteiger partial charge in [0.1, 0.15) is 5.82 Å². The molecule has 1 aliphatic heterocycles. The normalized spacial score (nSPS) is 18.9. The smallest absolute Gasteiger partial charge is 0.214 e. The van der Waals surface area contributed by atoms with Crippen LogP contribution < -0.4 is 4.90 Å². The Kier molecular flexibility index (Phi) is 6.16. The van der Waals surface area contributed by atoms with Gasteiger partial charge in [-0.3, -0.25) is 0 Å². The Hall–Kier alpha value is -1.18. The summed E-state index contributed by atoms with van der Waals surface area (Å²) < 4.78 is 31.7. The molecule has 0 aliphatic carbocycles. The van der Waals surface area contributed by atoms with Crippen LogP contribution in [0.4, 0.5) is 5.82 Å². The second-order valence-corrected chi connectivity index (χ2v) is 7.78. The van der Waals surface area contributed by atoms with Crippen molar-refractivity contribution in [1.29, 1.82) is 0 Å². The highest BCUT2D eigenvalue weighted by Crippen LogP contribution is 2.16. The zero-order valence-corrected chi connectivity index (χ0v) is 14.1. The average Bonchev–Trinajstić information content (AvgIpc) is 2.74. The molecule has 0 amide bonds. The summed E-state index contributed by atoms with van der Waals surface area (Å²) in [6.45, 7) is 4.96. The van der Waals surface area contributed by atoms with Gasteiger partial charge in [0.05, 0.1) is 5.75 Å². The zero-order valence-electron chi connectivity index (χ0n) is 13.3. The van der Waals surface area contributed by atoms with Crippen molar-refractivity contribution in [2.24, 2.45) is 5.92 Å². The molecule has 1 atom stereocenters. The lowest BCUT2D eigenvalue weighted by molar-refractivity contribution is 0.167. The van der Waals surface area contributed by atoms with E-state index in [1.165, 1.54) is 0 Å². The molecule has 1 aromatic heterocycles. The molecule has 6 nitrogen and oxygen atoms in total. The van der Waals surface area contributed by atoms with Gasteiger partial charge >= 0.3 is 0 Å². The molecule has 0 radical (unpaired) electrons. The van der Waals surface area contributed by atoms with E-state index in [4.69, 9.17) is 4.74 Å². The van der Waals surface area contributed by atoms with E-state index < -0.39 is 10.0 Å². The van der Waals surface area contributed by atoms with Crippen LogP contribution >= 0.6 is 0 Å². The van der Waals surface area contributed by atoms with Gasteiger partial charge in [-0.05, 0) is 24.5 Å². The Morgan fingerprint density at radius 1 is 1.27 bits per heavy atom. The molecule has 0 bridgehead atoms. The van der Waals surface area contributed by atoms with E-state index in [0.717, 1.165) is 18.8 Å². The Labute approximate surface area is 133 Å². The monoisotopic (exact) mass is 327 g/mol. The number of hydrogen-bond donors (Lipinski definition) is 0. The minimum Gasteiger partial charge on any atom is -0.384 e. The predicted molar refractivity (Wildman–Crippen MR) is 87.5 cm³/mol. The van der Waals surface area contributed by atoms with E-state index in [0.29, 0.717) is 26.2 Å². The van der Waals surface area contributed by atoms with E-state index >= 15 is 0 Å². The van der Waals surface area contributed by atoms with Crippen LogP contribution in [0.5, 0.6) is 0 Å². The molecule has 2 rings (SSSR count). The van der Waals surface area contributed by atoms with Gasteiger partial charge in [-0.25, -0.2) is 17.7 Å². The maximum Gasteiger partial charge on any atom is 0.214 e. The number of methoxy groups -OCH3 is 1. The molecular weight excluding hydrogens is 302 g/mol. The van der Waals surface area contributed by atoms with Crippen LogP contribution in [-0.2, 0) is 14.8 Å². The first-order chi connectivity index (χ1) is 10.5. The van der Waals surface area contributed by atoms with Crippen LogP contribution in [0.3, 0.4) is 0 Å². The highest BCUT2D eigenvalue weighted by atomic mass is 32.2. The molecule has 1 unspecified atom stereocenters. The standard InChI is InChI=1S/C15H25N3O3S/c1-14(12-21-2)13-22(19,20)18-9-5-8-17(10-11-18)15-6-3-4-7-16-15/h3-4,6-7,14H,5,8-13H2,1-2H3. The largest absolute Gasteiger partial charge is 0.384 e. The van der Waals surface area contributed by atoms with Crippen molar-refractivity contribution in [3.63, 3.8) is 0 Å². The molecule has 0 spiro atoms. The highest BCUT2D eigenvalue weighted by Gasteiger charge is 2.27. The quantitative estimate of drug-likeness (QED) is 0.786. The molecule has 1 saturated heterocycles. The summed E-state index contributed by atoms with van der Waals surface area (Å²) >= 11 is 0. The summed E-state index contributed by atoms with van der Waals surface area (Å²) in [6, 6.07) is 5.80. The van der Waals surface area contributed by atoms with E-state index in [1.807, 2.05) is 25.1 Å². The Morgan fingerprint density at radius 3 is 2.77 bits per heavy atom. The van der Waals surface area contributed by atoms with Crippen LogP contribution in [0.1, 0.15) is 13.3 Å². The molecule has 1 fully saturated rings. The Morgan fingerprint density at radius 2 is 2.09 bits per heavy atom. The van der Waals surface area contributed by atoms with E-state index in [1.54, 1.807) is 17.6 Å². The molecule has 22 heavy (non-hydrogen) atoms. The zero-order chi connectivity index (χ0) is 16.0. The molecule has 0 N–H and O–H groups in total. The number of hydrogen-bond acceptors (Lipinski definition) is 5. The third-order valence-electron chi connectivity index (χ3n) is 3.77. The molecule has 0 saturated carbocycles. The number of aromatic nitrogens is 1. The van der Waals surface area contributed by atoms with Gasteiger partial charge < -0.3 is 9.64 Å². The average molecular weight is 327 g/mol. The second-order valence-electron chi connectivity index (χ2n) is 5.77. The minimum absolute atomic E-state index is 0.00476. The first-order valence-corrected chi connectivity index (χ1v) is 9.26. The minimum atomic E-state index is -3.23. The van der Waals surface area contributed by atoms with Crippen molar-refractivity contribution in [3.8, 4) is 0 Å². The lowest BCUT2D eigenvalue weighted by atomic mass is 10.2. The van der Waals surface area contributed by atoms with Gasteiger partial charge in [0.2, 0.25) is 10.0 Å². The summed E-state index contributed by atoms with van der Waals surface area (Å²) in [5.41, 5.74) is 0. The van der Waals surface area contributed by atoms with Crippen LogP contribution in [0.15, 0.2) is 24.4 Å². The SMILES string of the molecule is COCC(C)CS(=O)(=O)N1CCCN(c2ccccn2)CC1. The van der Waals surface area contributed by atoms with Gasteiger partial charge in [0, 0.05) is 46.1 Å². The van der Waals surface area contributed by atoms with E-state index in [-0.39, 0.29) is 11.7 Å². The third kappa shape index (κ3) is 4.66. The fourth-order valence-electron chi connectivity index (χ4n) is 2.74. The van der Waals surface area contributed by atoms with Crippen LogP contribution in [-0.4, -0.2) is 63.4 Å². The van der Waals surface area contributed by atoms with Gasteiger partial charge in [0.25, 0.3) is 0 Å². The third-order valence-corrected chi connectivity index (χ3v) is 5.91. The topological polar surface area (TPSA) is 62.7 Å². The summed E-state index contributed by atoms with van der Waals surface area (Å²) in [5, 5.41) is 0. The van der Waals surface area contributed by atoms with Crippen molar-refractivity contribution in [1.82, 2.24) is 9.29 Å². The first kappa shape index (κ1) is 17.2. The lowest BCUT2D eigenvalue weighted by Gasteiger charge is -2.23. The Balaban J connectivity index is 1.97. The summed E-state index contributed by atoms with van der Waals surface area (Å²) in [4.78, 5) is 6.49. The number of pyridine rings is 1. The second kappa shape index (κ2) is 7.89. The predicted octanol–water partition coefficient (Wildman–Crippen LogP) is 1.21. The summed E-state index contributed by atoms with van der Waals surface area (Å²) in [6.07, 6.45) is 2.58. The van der Waals surface area contributed by atoms with Crippen LogP contribution in [0, 0.1) is 5.92 Å². The summed E-state index contributed by atoms with van der Waals surface area (Å²) in [7, 11) is -1.63. The molecular formula is C15H25N3O3S. The number of rotatable bonds is 6. The molecule has 124 valence electrons. The number of sulfonamides is 1. The highest BCUT2D eigenvalue weighted by molar-refractivity contribution is 7.89. The van der Waals surface area contributed by atoms with E-state index in [2.05, 4.69) is 9.88 Å². The van der Waals surface area contributed by atoms with Gasteiger partial charge in [0.15, 0.2) is 0 Å². The first-order valence-electron chi connectivity index (χ1n) is 7.65. The number of ether oxygens (including phenoxy) is 1. The molecule has 1 aromatic rings. The maximum atomic E-state index is 12.5. The number of nitrogens with zero attached hydrogens (tertiary/aromatic N) is 3. The van der Waals surface area contributed by atoms with Gasteiger partial charge in [-0.15, -0.1) is 0 Å². The fraction of sp³-hybridized carbons (Fsp3) is 0.667. The molecule has 2 heterocycles. The van der Waals surface area contributed by atoms with Crippen molar-refractivity contribution in [2.75, 3.05) is 50.5 Å². The molecule has 7 heteroatoms. The van der Waals surface area contributed by atoms with Crippen molar-refractivity contribution < 1.29 is 13.2 Å². The number of anilines is 1.